The van der Waals surface area contributed by atoms with Crippen LogP contribution in [0.1, 0.15) is 19.4 Å². The Morgan fingerprint density at radius 3 is 2.69 bits per heavy atom. The van der Waals surface area contributed by atoms with Gasteiger partial charge in [0.2, 0.25) is 0 Å². The third-order valence-corrected chi connectivity index (χ3v) is 2.79. The monoisotopic (exact) mass is 243 g/mol. The molecule has 1 N–H and O–H groups in total. The van der Waals surface area contributed by atoms with Gasteiger partial charge in [0.05, 0.1) is 7.11 Å². The minimum Gasteiger partial charge on any atom is -0.496 e. The maximum Gasteiger partial charge on any atom is 0.123 e. The molecular formula is C12H18FNOS. The van der Waals surface area contributed by atoms with Crippen LogP contribution < -0.4 is 10.1 Å². The van der Waals surface area contributed by atoms with Crippen LogP contribution in [-0.4, -0.2) is 19.5 Å². The van der Waals surface area contributed by atoms with Crippen LogP contribution in [0.25, 0.3) is 0 Å². The molecule has 0 aliphatic carbocycles. The van der Waals surface area contributed by atoms with Crippen LogP contribution in [0.5, 0.6) is 5.75 Å². The number of benzene rings is 1. The first-order valence-electron chi connectivity index (χ1n) is 5.17. The molecule has 0 aliphatic heterocycles. The lowest BCUT2D eigenvalue weighted by atomic mass is 9.84. The molecule has 0 aliphatic rings. The van der Waals surface area contributed by atoms with E-state index in [0.29, 0.717) is 11.6 Å². The van der Waals surface area contributed by atoms with E-state index in [1.54, 1.807) is 13.2 Å². The van der Waals surface area contributed by atoms with E-state index >= 15 is 0 Å². The highest BCUT2D eigenvalue weighted by Gasteiger charge is 2.24. The molecule has 16 heavy (non-hydrogen) atoms. The summed E-state index contributed by atoms with van der Waals surface area (Å²) >= 11 is 4.10. The summed E-state index contributed by atoms with van der Waals surface area (Å²) in [6.45, 7) is 4.80. The Bertz CT molecular complexity index is 355. The molecule has 0 unspecified atom stereocenters. The lowest BCUT2D eigenvalue weighted by Crippen LogP contribution is -2.32. The molecule has 0 atom stereocenters. The number of hydrogen-bond acceptors (Lipinski definition) is 3. The van der Waals surface area contributed by atoms with Crippen molar-refractivity contribution in [3.63, 3.8) is 0 Å². The highest BCUT2D eigenvalue weighted by molar-refractivity contribution is 7.80. The molecule has 2 nitrogen and oxygen atoms in total. The van der Waals surface area contributed by atoms with Crippen LogP contribution in [-0.2, 0) is 5.41 Å². The number of hydrogen-bond donors (Lipinski definition) is 2. The standard InChI is InChI=1S/C12H18FNOS/c1-12(2,7-14-8-16)10-6-9(13)4-5-11(10)15-3/h4-6,14,16H,7-8H2,1-3H3. The van der Waals surface area contributed by atoms with Crippen molar-refractivity contribution in [3.8, 4) is 5.75 Å². The second-order valence-electron chi connectivity index (χ2n) is 4.31. The molecule has 1 rings (SSSR count). The fourth-order valence-corrected chi connectivity index (χ4v) is 1.78. The summed E-state index contributed by atoms with van der Waals surface area (Å²) in [6.07, 6.45) is 0. The molecule has 1 aromatic rings. The van der Waals surface area contributed by atoms with Crippen LogP contribution in [0, 0.1) is 5.82 Å². The van der Waals surface area contributed by atoms with Crippen molar-refractivity contribution in [2.24, 2.45) is 0 Å². The summed E-state index contributed by atoms with van der Waals surface area (Å²) in [5.41, 5.74) is 0.667. The second kappa shape index (κ2) is 5.55. The molecule has 0 bridgehead atoms. The Kier molecular flexibility index (Phi) is 4.62. The van der Waals surface area contributed by atoms with Gasteiger partial charge in [-0.3, -0.25) is 0 Å². The van der Waals surface area contributed by atoms with E-state index in [1.165, 1.54) is 12.1 Å². The van der Waals surface area contributed by atoms with Crippen molar-refractivity contribution in [2.75, 3.05) is 19.5 Å². The lowest BCUT2D eigenvalue weighted by molar-refractivity contribution is 0.386. The van der Waals surface area contributed by atoms with Crippen molar-refractivity contribution in [1.82, 2.24) is 5.32 Å². The minimum atomic E-state index is -0.241. The minimum absolute atomic E-state index is 0.198. The molecular weight excluding hydrogens is 225 g/mol. The van der Waals surface area contributed by atoms with Gasteiger partial charge in [-0.1, -0.05) is 13.8 Å². The molecule has 4 heteroatoms. The van der Waals surface area contributed by atoms with Gasteiger partial charge in [0, 0.05) is 23.4 Å². The van der Waals surface area contributed by atoms with Gasteiger partial charge < -0.3 is 10.1 Å². The van der Waals surface area contributed by atoms with Crippen molar-refractivity contribution in [2.45, 2.75) is 19.3 Å². The van der Waals surface area contributed by atoms with Crippen molar-refractivity contribution >= 4 is 12.6 Å². The zero-order valence-corrected chi connectivity index (χ0v) is 10.8. The maximum atomic E-state index is 13.2. The summed E-state index contributed by atoms with van der Waals surface area (Å²) in [5, 5.41) is 3.14. The Balaban J connectivity index is 3.04. The molecule has 0 aromatic heterocycles. The summed E-state index contributed by atoms with van der Waals surface area (Å²) in [7, 11) is 1.60. The van der Waals surface area contributed by atoms with Gasteiger partial charge in [0.15, 0.2) is 0 Å². The number of nitrogens with one attached hydrogen (secondary N) is 1. The Morgan fingerprint density at radius 1 is 1.44 bits per heavy atom. The van der Waals surface area contributed by atoms with Crippen LogP contribution in [0.4, 0.5) is 4.39 Å². The fourth-order valence-electron chi connectivity index (χ4n) is 1.67. The number of rotatable bonds is 5. The first-order chi connectivity index (χ1) is 7.51. The van der Waals surface area contributed by atoms with Crippen LogP contribution in [0.15, 0.2) is 18.2 Å². The molecule has 0 spiro atoms. The first kappa shape index (κ1) is 13.3. The third kappa shape index (κ3) is 3.12. The van der Waals surface area contributed by atoms with Crippen molar-refractivity contribution < 1.29 is 9.13 Å². The Labute approximate surface area is 102 Å². The highest BCUT2D eigenvalue weighted by Crippen LogP contribution is 2.31. The summed E-state index contributed by atoms with van der Waals surface area (Å²) in [6, 6.07) is 4.59. The van der Waals surface area contributed by atoms with Gasteiger partial charge in [0.1, 0.15) is 11.6 Å². The highest BCUT2D eigenvalue weighted by atomic mass is 32.1. The number of methoxy groups -OCH3 is 1. The molecule has 0 radical (unpaired) electrons. The van der Waals surface area contributed by atoms with Crippen LogP contribution >= 0.6 is 12.6 Å². The first-order valence-corrected chi connectivity index (χ1v) is 5.80. The number of ether oxygens (including phenoxy) is 1. The van der Waals surface area contributed by atoms with Gasteiger partial charge in [-0.05, 0) is 18.2 Å². The van der Waals surface area contributed by atoms with E-state index in [-0.39, 0.29) is 11.2 Å². The van der Waals surface area contributed by atoms with E-state index in [1.807, 2.05) is 13.8 Å². The van der Waals surface area contributed by atoms with E-state index in [0.717, 1.165) is 12.1 Å². The maximum absolute atomic E-state index is 13.2. The predicted molar refractivity (Wildman–Crippen MR) is 67.8 cm³/mol. The predicted octanol–water partition coefficient (Wildman–Crippen LogP) is 2.59. The van der Waals surface area contributed by atoms with E-state index in [9.17, 15) is 4.39 Å². The third-order valence-electron chi connectivity index (χ3n) is 2.57. The Morgan fingerprint density at radius 2 is 2.12 bits per heavy atom. The van der Waals surface area contributed by atoms with Gasteiger partial charge in [-0.15, -0.1) is 0 Å². The van der Waals surface area contributed by atoms with Gasteiger partial charge in [0.25, 0.3) is 0 Å². The normalized spacial score (nSPS) is 11.6. The number of thiol groups is 1. The fraction of sp³-hybridized carbons (Fsp3) is 0.500. The molecule has 0 amide bonds. The average molecular weight is 243 g/mol. The zero-order chi connectivity index (χ0) is 12.2. The molecule has 0 fully saturated rings. The average Bonchev–Trinajstić information content (AvgIpc) is 2.26. The smallest absolute Gasteiger partial charge is 0.123 e. The van der Waals surface area contributed by atoms with E-state index < -0.39 is 0 Å². The summed E-state index contributed by atoms with van der Waals surface area (Å²) in [5.74, 6) is 1.07. The molecule has 0 heterocycles. The van der Waals surface area contributed by atoms with E-state index in [4.69, 9.17) is 4.74 Å². The van der Waals surface area contributed by atoms with E-state index in [2.05, 4.69) is 17.9 Å². The molecule has 0 saturated heterocycles. The molecule has 0 saturated carbocycles. The van der Waals surface area contributed by atoms with Crippen LogP contribution in [0.2, 0.25) is 0 Å². The van der Waals surface area contributed by atoms with Gasteiger partial charge in [-0.2, -0.15) is 12.6 Å². The summed E-state index contributed by atoms with van der Waals surface area (Å²) < 4.78 is 18.5. The second-order valence-corrected chi connectivity index (χ2v) is 4.63. The number of halogens is 1. The zero-order valence-electron chi connectivity index (χ0n) is 9.88. The van der Waals surface area contributed by atoms with Gasteiger partial charge >= 0.3 is 0 Å². The summed E-state index contributed by atoms with van der Waals surface area (Å²) in [4.78, 5) is 0. The lowest BCUT2D eigenvalue weighted by Gasteiger charge is -2.27. The largest absolute Gasteiger partial charge is 0.496 e. The topological polar surface area (TPSA) is 21.3 Å². The van der Waals surface area contributed by atoms with Crippen molar-refractivity contribution in [3.05, 3.63) is 29.6 Å². The quantitative estimate of drug-likeness (QED) is 0.612. The Hall–Kier alpha value is -0.740. The SMILES string of the molecule is COc1ccc(F)cc1C(C)(C)CNCS. The van der Waals surface area contributed by atoms with Crippen molar-refractivity contribution in [1.29, 1.82) is 0 Å². The molecule has 1 aromatic carbocycles. The molecule has 90 valence electrons. The van der Waals surface area contributed by atoms with Gasteiger partial charge in [-0.25, -0.2) is 4.39 Å². The van der Waals surface area contributed by atoms with Crippen LogP contribution in [0.3, 0.4) is 0 Å².